The number of para-hydroxylation sites is 1. The quantitative estimate of drug-likeness (QED) is 0.591. The van der Waals surface area contributed by atoms with Crippen molar-refractivity contribution in [2.24, 2.45) is 4.99 Å². The van der Waals surface area contributed by atoms with Crippen LogP contribution in [0.4, 0.5) is 5.69 Å². The van der Waals surface area contributed by atoms with Crippen molar-refractivity contribution in [2.75, 3.05) is 13.2 Å². The Kier molecular flexibility index (Phi) is 1.74. The Hall–Kier alpha value is -1.84. The van der Waals surface area contributed by atoms with Gasteiger partial charge in [0, 0.05) is 6.54 Å². The molecule has 0 unspecified atom stereocenters. The second kappa shape index (κ2) is 3.08. The summed E-state index contributed by atoms with van der Waals surface area (Å²) in [5, 5.41) is 0. The zero-order valence-electron chi connectivity index (χ0n) is 8.14. The highest BCUT2D eigenvalue weighted by Gasteiger charge is 2.29. The minimum Gasteiger partial charge on any atom is -0.458 e. The molecule has 3 rings (SSSR count). The lowest BCUT2D eigenvalue weighted by Gasteiger charge is -2.32. The van der Waals surface area contributed by atoms with Gasteiger partial charge in [0.2, 0.25) is 5.84 Å². The standard InChI is InChI=1S/C11H10N2O2/c14-11-10-12-9-4-2-1-3-8(9)7-13(10)5-6-15-11/h1-4H,5-7H2. The van der Waals surface area contributed by atoms with Gasteiger partial charge in [-0.15, -0.1) is 0 Å². The van der Waals surface area contributed by atoms with Gasteiger partial charge in [-0.1, -0.05) is 18.2 Å². The molecular weight excluding hydrogens is 192 g/mol. The van der Waals surface area contributed by atoms with E-state index in [1.165, 1.54) is 0 Å². The Morgan fingerprint density at radius 2 is 2.20 bits per heavy atom. The van der Waals surface area contributed by atoms with Crippen LogP contribution >= 0.6 is 0 Å². The molecule has 0 aromatic heterocycles. The first-order valence-electron chi connectivity index (χ1n) is 4.93. The number of aliphatic imine (C=N–C) groups is 1. The molecule has 0 aliphatic carbocycles. The number of cyclic esters (lactones) is 1. The van der Waals surface area contributed by atoms with E-state index >= 15 is 0 Å². The van der Waals surface area contributed by atoms with Gasteiger partial charge in [-0.3, -0.25) is 0 Å². The highest BCUT2D eigenvalue weighted by molar-refractivity contribution is 6.36. The van der Waals surface area contributed by atoms with Crippen LogP contribution in [0.15, 0.2) is 29.3 Å². The van der Waals surface area contributed by atoms with Crippen molar-refractivity contribution >= 4 is 17.5 Å². The highest BCUT2D eigenvalue weighted by atomic mass is 16.5. The molecule has 0 amide bonds. The molecule has 0 N–H and O–H groups in total. The van der Waals surface area contributed by atoms with Crippen molar-refractivity contribution in [3.8, 4) is 0 Å². The summed E-state index contributed by atoms with van der Waals surface area (Å²) in [6.07, 6.45) is 0. The number of benzene rings is 1. The summed E-state index contributed by atoms with van der Waals surface area (Å²) in [5.74, 6) is 0.135. The van der Waals surface area contributed by atoms with Gasteiger partial charge in [0.1, 0.15) is 6.61 Å². The van der Waals surface area contributed by atoms with Crippen LogP contribution in [0.5, 0.6) is 0 Å². The van der Waals surface area contributed by atoms with Gasteiger partial charge in [-0.05, 0) is 11.6 Å². The Morgan fingerprint density at radius 1 is 1.33 bits per heavy atom. The molecule has 2 heterocycles. The van der Waals surface area contributed by atoms with Crippen LogP contribution in [0.1, 0.15) is 5.56 Å². The average Bonchev–Trinajstić information content (AvgIpc) is 2.27. The van der Waals surface area contributed by atoms with Gasteiger partial charge in [0.25, 0.3) is 0 Å². The van der Waals surface area contributed by atoms with Crippen LogP contribution in [-0.4, -0.2) is 29.9 Å². The lowest BCUT2D eigenvalue weighted by molar-refractivity contribution is -0.139. The van der Waals surface area contributed by atoms with Gasteiger partial charge >= 0.3 is 5.97 Å². The van der Waals surface area contributed by atoms with Crippen molar-refractivity contribution in [2.45, 2.75) is 6.54 Å². The summed E-state index contributed by atoms with van der Waals surface area (Å²) >= 11 is 0. The summed E-state index contributed by atoms with van der Waals surface area (Å²) in [4.78, 5) is 17.7. The average molecular weight is 202 g/mol. The first-order chi connectivity index (χ1) is 7.34. The van der Waals surface area contributed by atoms with Crippen molar-refractivity contribution < 1.29 is 9.53 Å². The summed E-state index contributed by atoms with van der Waals surface area (Å²) in [6, 6.07) is 7.87. The van der Waals surface area contributed by atoms with Crippen LogP contribution in [0.3, 0.4) is 0 Å². The maximum atomic E-state index is 11.4. The number of rotatable bonds is 0. The van der Waals surface area contributed by atoms with Crippen molar-refractivity contribution in [1.29, 1.82) is 0 Å². The second-order valence-electron chi connectivity index (χ2n) is 3.62. The van der Waals surface area contributed by atoms with Crippen molar-refractivity contribution in [3.05, 3.63) is 29.8 Å². The molecule has 76 valence electrons. The molecule has 1 aromatic rings. The molecule has 1 fully saturated rings. The highest BCUT2D eigenvalue weighted by Crippen LogP contribution is 2.26. The zero-order chi connectivity index (χ0) is 10.3. The number of carbonyl (C=O) groups is 1. The number of fused-ring (bicyclic) bond motifs is 2. The number of nitrogens with zero attached hydrogens (tertiary/aromatic N) is 2. The van der Waals surface area contributed by atoms with Crippen LogP contribution in [0, 0.1) is 0 Å². The minimum absolute atomic E-state index is 0.309. The van der Waals surface area contributed by atoms with E-state index in [4.69, 9.17) is 4.74 Å². The van der Waals surface area contributed by atoms with E-state index in [9.17, 15) is 4.79 Å². The Morgan fingerprint density at radius 3 is 3.13 bits per heavy atom. The van der Waals surface area contributed by atoms with E-state index in [0.29, 0.717) is 12.4 Å². The molecule has 1 aromatic carbocycles. The van der Waals surface area contributed by atoms with Crippen LogP contribution < -0.4 is 0 Å². The predicted molar refractivity (Wildman–Crippen MR) is 54.9 cm³/mol. The van der Waals surface area contributed by atoms with Gasteiger partial charge in [-0.25, -0.2) is 9.79 Å². The first kappa shape index (κ1) is 8.47. The van der Waals surface area contributed by atoms with Gasteiger partial charge in [0.15, 0.2) is 0 Å². The van der Waals surface area contributed by atoms with Crippen LogP contribution in [0.2, 0.25) is 0 Å². The van der Waals surface area contributed by atoms with Crippen molar-refractivity contribution in [1.82, 2.24) is 4.90 Å². The number of amidine groups is 1. The van der Waals surface area contributed by atoms with Gasteiger partial charge < -0.3 is 9.64 Å². The van der Waals surface area contributed by atoms with Gasteiger partial charge in [0.05, 0.1) is 12.2 Å². The summed E-state index contributed by atoms with van der Waals surface area (Å²) in [6.45, 7) is 1.95. The number of esters is 1. The van der Waals surface area contributed by atoms with E-state index in [1.807, 2.05) is 29.2 Å². The fourth-order valence-electron chi connectivity index (χ4n) is 1.89. The maximum absolute atomic E-state index is 11.4. The third-order valence-electron chi connectivity index (χ3n) is 2.66. The summed E-state index contributed by atoms with van der Waals surface area (Å²) in [7, 11) is 0. The number of hydrogen-bond acceptors (Lipinski definition) is 4. The van der Waals surface area contributed by atoms with E-state index in [-0.39, 0.29) is 5.97 Å². The molecule has 15 heavy (non-hydrogen) atoms. The monoisotopic (exact) mass is 202 g/mol. The Labute approximate surface area is 87.2 Å². The van der Waals surface area contributed by atoms with Crippen molar-refractivity contribution in [3.63, 3.8) is 0 Å². The lowest BCUT2D eigenvalue weighted by Crippen LogP contribution is -2.45. The number of carbonyl (C=O) groups excluding carboxylic acids is 1. The van der Waals surface area contributed by atoms with Crippen LogP contribution in [0.25, 0.3) is 0 Å². The molecule has 0 atom stereocenters. The van der Waals surface area contributed by atoms with E-state index < -0.39 is 0 Å². The molecule has 1 saturated heterocycles. The molecule has 0 bridgehead atoms. The van der Waals surface area contributed by atoms with E-state index in [2.05, 4.69) is 4.99 Å². The third-order valence-corrected chi connectivity index (χ3v) is 2.66. The lowest BCUT2D eigenvalue weighted by atomic mass is 10.1. The molecule has 2 aliphatic heterocycles. The minimum atomic E-state index is -0.309. The Balaban J connectivity index is 2.08. The first-order valence-corrected chi connectivity index (χ1v) is 4.93. The number of ether oxygens (including phenoxy) is 1. The molecule has 4 nitrogen and oxygen atoms in total. The summed E-state index contributed by atoms with van der Waals surface area (Å²) in [5.41, 5.74) is 2.04. The molecule has 0 saturated carbocycles. The Bertz CT molecular complexity index is 454. The number of morpholine rings is 1. The largest absolute Gasteiger partial charge is 0.458 e. The molecule has 0 spiro atoms. The maximum Gasteiger partial charge on any atom is 0.374 e. The van der Waals surface area contributed by atoms with E-state index in [1.54, 1.807) is 0 Å². The zero-order valence-corrected chi connectivity index (χ0v) is 8.14. The predicted octanol–water partition coefficient (Wildman–Crippen LogP) is 1.09. The SMILES string of the molecule is O=C1OCCN2Cc3ccccc3N=C12. The third kappa shape index (κ3) is 1.29. The smallest absolute Gasteiger partial charge is 0.374 e. The normalized spacial score (nSPS) is 18.8. The fourth-order valence-corrected chi connectivity index (χ4v) is 1.89. The topological polar surface area (TPSA) is 41.9 Å². The molecule has 2 aliphatic rings. The molecular formula is C11H10N2O2. The molecule has 4 heteroatoms. The second-order valence-corrected chi connectivity index (χ2v) is 3.62. The van der Waals surface area contributed by atoms with Crippen LogP contribution in [-0.2, 0) is 16.1 Å². The van der Waals surface area contributed by atoms with Gasteiger partial charge in [-0.2, -0.15) is 0 Å². The summed E-state index contributed by atoms with van der Waals surface area (Å²) < 4.78 is 4.95. The molecule has 0 radical (unpaired) electrons. The fraction of sp³-hybridized carbons (Fsp3) is 0.273. The number of hydrogen-bond donors (Lipinski definition) is 0. The van der Waals surface area contributed by atoms with E-state index in [0.717, 1.165) is 24.3 Å².